The van der Waals surface area contributed by atoms with Crippen molar-refractivity contribution in [2.75, 3.05) is 5.32 Å². The van der Waals surface area contributed by atoms with Gasteiger partial charge in [-0.1, -0.05) is 12.1 Å². The molecular weight excluding hydrogens is 194 g/mol. The summed E-state index contributed by atoms with van der Waals surface area (Å²) < 4.78 is 0. The van der Waals surface area contributed by atoms with E-state index in [0.717, 1.165) is 5.56 Å². The Balaban J connectivity index is 2.48. The first-order valence-corrected chi connectivity index (χ1v) is 4.48. The molecule has 3 N–H and O–H groups in total. The maximum absolute atomic E-state index is 11.2. The van der Waals surface area contributed by atoms with Crippen molar-refractivity contribution < 1.29 is 9.59 Å². The number of anilines is 1. The van der Waals surface area contributed by atoms with E-state index in [4.69, 9.17) is 0 Å². The summed E-state index contributed by atoms with van der Waals surface area (Å²) in [5.41, 5.74) is 6.11. The van der Waals surface area contributed by atoms with E-state index in [2.05, 4.69) is 16.2 Å². The van der Waals surface area contributed by atoms with E-state index in [9.17, 15) is 9.59 Å². The van der Waals surface area contributed by atoms with E-state index in [1.165, 1.54) is 6.92 Å². The first kappa shape index (κ1) is 11.0. The summed E-state index contributed by atoms with van der Waals surface area (Å²) >= 11 is 0. The van der Waals surface area contributed by atoms with E-state index in [0.29, 0.717) is 5.69 Å². The molecule has 0 atom stereocenters. The van der Waals surface area contributed by atoms with Gasteiger partial charge in [-0.2, -0.15) is 0 Å². The number of amides is 3. The molecule has 1 aromatic rings. The highest BCUT2D eigenvalue weighted by Crippen LogP contribution is 2.08. The standard InChI is InChI=1S/C10H13N3O2/c1-7-4-3-5-9(6-7)11-10(15)13-12-8(2)14/h3-6H,1-2H3,(H,12,14)(H2,11,13,15). The normalized spacial score (nSPS) is 9.20. The van der Waals surface area contributed by atoms with Gasteiger partial charge in [-0.25, -0.2) is 10.2 Å². The molecule has 5 nitrogen and oxygen atoms in total. The Morgan fingerprint density at radius 2 is 1.93 bits per heavy atom. The zero-order chi connectivity index (χ0) is 11.3. The van der Waals surface area contributed by atoms with Crippen LogP contribution in [0.5, 0.6) is 0 Å². The number of carbonyl (C=O) groups excluding carboxylic acids is 2. The minimum Gasteiger partial charge on any atom is -0.307 e. The molecule has 15 heavy (non-hydrogen) atoms. The number of hydrogen-bond acceptors (Lipinski definition) is 2. The van der Waals surface area contributed by atoms with Crippen molar-refractivity contribution in [3.63, 3.8) is 0 Å². The average molecular weight is 207 g/mol. The molecule has 80 valence electrons. The maximum Gasteiger partial charge on any atom is 0.337 e. The third-order valence-corrected chi connectivity index (χ3v) is 1.63. The van der Waals surface area contributed by atoms with Crippen LogP contribution in [0.2, 0.25) is 0 Å². The molecule has 0 radical (unpaired) electrons. The summed E-state index contributed by atoms with van der Waals surface area (Å²) in [6.45, 7) is 3.24. The predicted octanol–water partition coefficient (Wildman–Crippen LogP) is 1.17. The fourth-order valence-electron chi connectivity index (χ4n) is 1.03. The summed E-state index contributed by atoms with van der Waals surface area (Å²) in [5.74, 6) is -0.325. The quantitative estimate of drug-likeness (QED) is 0.605. The molecule has 1 aromatic carbocycles. The number of benzene rings is 1. The molecule has 0 heterocycles. The van der Waals surface area contributed by atoms with Gasteiger partial charge < -0.3 is 5.32 Å². The molecule has 0 bridgehead atoms. The van der Waals surface area contributed by atoms with Gasteiger partial charge >= 0.3 is 6.03 Å². The van der Waals surface area contributed by atoms with Crippen LogP contribution in [0, 0.1) is 6.92 Å². The Morgan fingerprint density at radius 1 is 1.20 bits per heavy atom. The van der Waals surface area contributed by atoms with Gasteiger partial charge in [-0.05, 0) is 24.6 Å². The first-order valence-electron chi connectivity index (χ1n) is 4.48. The zero-order valence-electron chi connectivity index (χ0n) is 8.63. The van der Waals surface area contributed by atoms with Crippen molar-refractivity contribution in [2.45, 2.75) is 13.8 Å². The lowest BCUT2D eigenvalue weighted by Crippen LogP contribution is -2.42. The van der Waals surface area contributed by atoms with Gasteiger partial charge in [-0.3, -0.25) is 10.2 Å². The number of hydrazine groups is 1. The van der Waals surface area contributed by atoms with Gasteiger partial charge in [0.05, 0.1) is 0 Å². The molecule has 0 saturated carbocycles. The molecule has 3 amide bonds. The van der Waals surface area contributed by atoms with Crippen LogP contribution in [0.25, 0.3) is 0 Å². The molecule has 0 aliphatic carbocycles. The average Bonchev–Trinajstić information content (AvgIpc) is 2.15. The van der Waals surface area contributed by atoms with Crippen LogP contribution in [0.3, 0.4) is 0 Å². The summed E-state index contributed by atoms with van der Waals surface area (Å²) in [5, 5.41) is 2.57. The topological polar surface area (TPSA) is 70.2 Å². The van der Waals surface area contributed by atoms with Crippen molar-refractivity contribution in [3.05, 3.63) is 29.8 Å². The van der Waals surface area contributed by atoms with Crippen LogP contribution in [-0.4, -0.2) is 11.9 Å². The fraction of sp³-hybridized carbons (Fsp3) is 0.200. The first-order chi connectivity index (χ1) is 7.08. The molecule has 0 aromatic heterocycles. The lowest BCUT2D eigenvalue weighted by Gasteiger charge is -2.07. The monoisotopic (exact) mass is 207 g/mol. The molecule has 0 aliphatic rings. The molecule has 5 heteroatoms. The second kappa shape index (κ2) is 4.99. The number of carbonyl (C=O) groups is 2. The van der Waals surface area contributed by atoms with Gasteiger partial charge in [0.2, 0.25) is 5.91 Å². The molecular formula is C10H13N3O2. The SMILES string of the molecule is CC(=O)NNC(=O)Nc1cccc(C)c1. The van der Waals surface area contributed by atoms with Gasteiger partial charge in [0, 0.05) is 12.6 Å². The Kier molecular flexibility index (Phi) is 3.68. The van der Waals surface area contributed by atoms with Crippen LogP contribution >= 0.6 is 0 Å². The molecule has 0 aliphatic heterocycles. The fourth-order valence-corrected chi connectivity index (χ4v) is 1.03. The minimum atomic E-state index is -0.476. The van der Waals surface area contributed by atoms with E-state index in [1.54, 1.807) is 6.07 Å². The van der Waals surface area contributed by atoms with Crippen molar-refractivity contribution in [2.24, 2.45) is 0 Å². The highest BCUT2D eigenvalue weighted by molar-refractivity contribution is 5.90. The number of hydrogen-bond donors (Lipinski definition) is 3. The summed E-state index contributed by atoms with van der Waals surface area (Å²) in [4.78, 5) is 21.7. The van der Waals surface area contributed by atoms with Crippen molar-refractivity contribution in [1.82, 2.24) is 10.9 Å². The lowest BCUT2D eigenvalue weighted by atomic mass is 10.2. The Bertz CT molecular complexity index is 377. The largest absolute Gasteiger partial charge is 0.337 e. The van der Waals surface area contributed by atoms with Crippen LogP contribution in [0.4, 0.5) is 10.5 Å². The van der Waals surface area contributed by atoms with E-state index >= 15 is 0 Å². The zero-order valence-corrected chi connectivity index (χ0v) is 8.63. The van der Waals surface area contributed by atoms with Crippen molar-refractivity contribution in [1.29, 1.82) is 0 Å². The summed E-state index contributed by atoms with van der Waals surface area (Å²) in [6.07, 6.45) is 0. The summed E-state index contributed by atoms with van der Waals surface area (Å²) in [6, 6.07) is 6.88. The van der Waals surface area contributed by atoms with Crippen molar-refractivity contribution >= 4 is 17.6 Å². The second-order valence-electron chi connectivity index (χ2n) is 3.13. The Hall–Kier alpha value is -2.04. The van der Waals surface area contributed by atoms with Gasteiger partial charge in [0.15, 0.2) is 0 Å². The number of nitrogens with one attached hydrogen (secondary N) is 3. The molecule has 0 saturated heterocycles. The number of aryl methyl sites for hydroxylation is 1. The Morgan fingerprint density at radius 3 is 2.53 bits per heavy atom. The van der Waals surface area contributed by atoms with Crippen LogP contribution in [-0.2, 0) is 4.79 Å². The van der Waals surface area contributed by atoms with Gasteiger partial charge in [0.25, 0.3) is 0 Å². The highest BCUT2D eigenvalue weighted by atomic mass is 16.2. The van der Waals surface area contributed by atoms with Crippen LogP contribution in [0.15, 0.2) is 24.3 Å². The maximum atomic E-state index is 11.2. The number of rotatable bonds is 1. The third kappa shape index (κ3) is 4.12. The third-order valence-electron chi connectivity index (χ3n) is 1.63. The van der Waals surface area contributed by atoms with Crippen LogP contribution in [0.1, 0.15) is 12.5 Å². The highest BCUT2D eigenvalue weighted by Gasteiger charge is 2.00. The predicted molar refractivity (Wildman–Crippen MR) is 57.2 cm³/mol. The molecule has 0 spiro atoms. The van der Waals surface area contributed by atoms with E-state index in [1.807, 2.05) is 25.1 Å². The van der Waals surface area contributed by atoms with Gasteiger partial charge in [-0.15, -0.1) is 0 Å². The van der Waals surface area contributed by atoms with E-state index in [-0.39, 0.29) is 5.91 Å². The number of urea groups is 1. The van der Waals surface area contributed by atoms with Gasteiger partial charge in [0.1, 0.15) is 0 Å². The second-order valence-corrected chi connectivity index (χ2v) is 3.13. The lowest BCUT2D eigenvalue weighted by molar-refractivity contribution is -0.119. The molecule has 0 unspecified atom stereocenters. The minimum absolute atomic E-state index is 0.325. The van der Waals surface area contributed by atoms with Crippen LogP contribution < -0.4 is 16.2 Å². The molecule has 1 rings (SSSR count). The molecule has 0 fully saturated rings. The smallest absolute Gasteiger partial charge is 0.307 e. The van der Waals surface area contributed by atoms with Crippen molar-refractivity contribution in [3.8, 4) is 0 Å². The van der Waals surface area contributed by atoms with E-state index < -0.39 is 6.03 Å². The summed E-state index contributed by atoms with van der Waals surface area (Å²) in [7, 11) is 0. The Labute approximate surface area is 87.8 Å².